The zero-order chi connectivity index (χ0) is 21.7. The fourth-order valence-corrected chi connectivity index (χ4v) is 5.08. The van der Waals surface area contributed by atoms with Crippen LogP contribution in [0.25, 0.3) is 0 Å². The molecular weight excluding hydrogens is 404 g/mol. The summed E-state index contributed by atoms with van der Waals surface area (Å²) in [5, 5.41) is 0. The third kappa shape index (κ3) is 2.85. The molecule has 1 saturated heterocycles. The van der Waals surface area contributed by atoms with Crippen LogP contribution in [-0.2, 0) is 16.0 Å². The van der Waals surface area contributed by atoms with Crippen LogP contribution in [0.2, 0.25) is 0 Å². The van der Waals surface area contributed by atoms with Crippen LogP contribution < -0.4 is 28.4 Å². The number of carbonyl (C=O) groups is 1. The predicted molar refractivity (Wildman–Crippen MR) is 109 cm³/mol. The molecule has 5 rings (SSSR count). The summed E-state index contributed by atoms with van der Waals surface area (Å²) in [5.41, 5.74) is 2.79. The molecule has 0 saturated carbocycles. The molecule has 0 aromatic heterocycles. The zero-order valence-corrected chi connectivity index (χ0v) is 17.9. The first-order chi connectivity index (χ1) is 15.1. The van der Waals surface area contributed by atoms with Gasteiger partial charge in [-0.3, -0.25) is 4.79 Å². The SMILES string of the molecule is COc1cc(C2c3c(cc(OC)c(OC)c3OC)CC3COC(=O)C32)cc2c1OCO2. The third-order valence-electron chi connectivity index (χ3n) is 6.37. The lowest BCUT2D eigenvalue weighted by Crippen LogP contribution is -2.32. The molecule has 3 unspecified atom stereocenters. The molecular formula is C23H24O8. The molecule has 0 bridgehead atoms. The largest absolute Gasteiger partial charge is 0.493 e. The Bertz CT molecular complexity index is 1050. The molecule has 164 valence electrons. The topological polar surface area (TPSA) is 81.7 Å². The van der Waals surface area contributed by atoms with Crippen LogP contribution in [0.5, 0.6) is 34.5 Å². The van der Waals surface area contributed by atoms with Crippen LogP contribution in [-0.4, -0.2) is 47.8 Å². The Morgan fingerprint density at radius 1 is 0.871 bits per heavy atom. The first-order valence-corrected chi connectivity index (χ1v) is 10.1. The molecule has 0 radical (unpaired) electrons. The maximum absolute atomic E-state index is 12.9. The van der Waals surface area contributed by atoms with Crippen molar-refractivity contribution in [3.63, 3.8) is 0 Å². The normalized spacial score (nSPS) is 23.0. The van der Waals surface area contributed by atoms with Gasteiger partial charge in [-0.25, -0.2) is 0 Å². The maximum atomic E-state index is 12.9. The summed E-state index contributed by atoms with van der Waals surface area (Å²) < 4.78 is 39.2. The lowest BCUT2D eigenvalue weighted by Gasteiger charge is -2.35. The Kier molecular flexibility index (Phi) is 4.72. The highest BCUT2D eigenvalue weighted by Crippen LogP contribution is 2.56. The number of methoxy groups -OCH3 is 4. The minimum atomic E-state index is -0.357. The summed E-state index contributed by atoms with van der Waals surface area (Å²) >= 11 is 0. The van der Waals surface area contributed by atoms with Crippen molar-refractivity contribution in [2.45, 2.75) is 12.3 Å². The molecule has 2 heterocycles. The van der Waals surface area contributed by atoms with E-state index in [2.05, 4.69) is 0 Å². The molecule has 2 aliphatic heterocycles. The highest BCUT2D eigenvalue weighted by atomic mass is 16.7. The number of hydrogen-bond acceptors (Lipinski definition) is 8. The van der Waals surface area contributed by atoms with E-state index in [1.807, 2.05) is 18.2 Å². The number of ether oxygens (including phenoxy) is 7. The highest BCUT2D eigenvalue weighted by Gasteiger charge is 2.49. The van der Waals surface area contributed by atoms with Crippen molar-refractivity contribution in [3.05, 3.63) is 34.9 Å². The van der Waals surface area contributed by atoms with Crippen molar-refractivity contribution in [1.82, 2.24) is 0 Å². The fourth-order valence-electron chi connectivity index (χ4n) is 5.08. The van der Waals surface area contributed by atoms with Crippen LogP contribution in [0.3, 0.4) is 0 Å². The smallest absolute Gasteiger partial charge is 0.310 e. The first-order valence-electron chi connectivity index (χ1n) is 10.1. The highest BCUT2D eigenvalue weighted by molar-refractivity contribution is 5.79. The molecule has 8 nitrogen and oxygen atoms in total. The predicted octanol–water partition coefficient (Wildman–Crippen LogP) is 2.93. The summed E-state index contributed by atoms with van der Waals surface area (Å²) in [6.07, 6.45) is 0.681. The zero-order valence-electron chi connectivity index (χ0n) is 17.9. The number of benzene rings is 2. The molecule has 31 heavy (non-hydrogen) atoms. The van der Waals surface area contributed by atoms with Crippen molar-refractivity contribution in [3.8, 4) is 34.5 Å². The molecule has 0 N–H and O–H groups in total. The van der Waals surface area contributed by atoms with Gasteiger partial charge in [0.15, 0.2) is 23.0 Å². The van der Waals surface area contributed by atoms with E-state index in [0.717, 1.165) is 16.7 Å². The summed E-state index contributed by atoms with van der Waals surface area (Å²) in [5.74, 6) is 2.48. The molecule has 2 aromatic rings. The van der Waals surface area contributed by atoms with E-state index < -0.39 is 0 Å². The number of carbonyl (C=O) groups excluding carboxylic acids is 1. The number of cyclic esters (lactones) is 1. The van der Waals surface area contributed by atoms with Crippen molar-refractivity contribution in [1.29, 1.82) is 0 Å². The summed E-state index contributed by atoms with van der Waals surface area (Å²) in [4.78, 5) is 12.9. The summed E-state index contributed by atoms with van der Waals surface area (Å²) in [7, 11) is 6.34. The van der Waals surface area contributed by atoms with Crippen LogP contribution in [0.1, 0.15) is 22.6 Å². The second kappa shape index (κ2) is 7.44. The maximum Gasteiger partial charge on any atom is 0.310 e. The van der Waals surface area contributed by atoms with Gasteiger partial charge in [0, 0.05) is 17.4 Å². The molecule has 3 atom stereocenters. The van der Waals surface area contributed by atoms with Gasteiger partial charge in [0.25, 0.3) is 0 Å². The van der Waals surface area contributed by atoms with Gasteiger partial charge in [0.1, 0.15) is 0 Å². The lowest BCUT2D eigenvalue weighted by molar-refractivity contribution is -0.141. The van der Waals surface area contributed by atoms with Crippen LogP contribution >= 0.6 is 0 Å². The first kappa shape index (κ1) is 19.7. The van der Waals surface area contributed by atoms with Gasteiger partial charge in [0.05, 0.1) is 41.0 Å². The van der Waals surface area contributed by atoms with Crippen LogP contribution in [0.4, 0.5) is 0 Å². The minimum absolute atomic E-state index is 0.0456. The molecule has 2 aromatic carbocycles. The fraction of sp³-hybridized carbons (Fsp3) is 0.435. The number of hydrogen-bond donors (Lipinski definition) is 0. The van der Waals surface area contributed by atoms with Crippen molar-refractivity contribution >= 4 is 5.97 Å². The van der Waals surface area contributed by atoms with E-state index in [9.17, 15) is 4.79 Å². The Morgan fingerprint density at radius 2 is 1.65 bits per heavy atom. The van der Waals surface area contributed by atoms with Crippen molar-refractivity contribution < 1.29 is 38.0 Å². The molecule has 3 aliphatic rings. The van der Waals surface area contributed by atoms with Crippen LogP contribution in [0, 0.1) is 11.8 Å². The van der Waals surface area contributed by atoms with Gasteiger partial charge in [-0.2, -0.15) is 0 Å². The van der Waals surface area contributed by atoms with Gasteiger partial charge >= 0.3 is 5.97 Å². The molecule has 1 fully saturated rings. The van der Waals surface area contributed by atoms with Gasteiger partial charge in [0.2, 0.25) is 18.3 Å². The second-order valence-corrected chi connectivity index (χ2v) is 7.77. The molecule has 1 aliphatic carbocycles. The van der Waals surface area contributed by atoms with Gasteiger partial charge in [-0.1, -0.05) is 0 Å². The van der Waals surface area contributed by atoms with Gasteiger partial charge in [-0.05, 0) is 35.7 Å². The quantitative estimate of drug-likeness (QED) is 0.673. The lowest BCUT2D eigenvalue weighted by atomic mass is 9.67. The van der Waals surface area contributed by atoms with Gasteiger partial charge < -0.3 is 33.2 Å². The van der Waals surface area contributed by atoms with E-state index in [1.54, 1.807) is 28.4 Å². The van der Waals surface area contributed by atoms with E-state index in [4.69, 9.17) is 33.2 Å². The monoisotopic (exact) mass is 428 g/mol. The van der Waals surface area contributed by atoms with Crippen molar-refractivity contribution in [2.24, 2.45) is 11.8 Å². The van der Waals surface area contributed by atoms with Crippen LogP contribution in [0.15, 0.2) is 18.2 Å². The molecule has 0 spiro atoms. The van der Waals surface area contributed by atoms with E-state index >= 15 is 0 Å². The average Bonchev–Trinajstić information content (AvgIpc) is 3.42. The molecule has 8 heteroatoms. The number of fused-ring (bicyclic) bond motifs is 3. The Labute approximate surface area is 179 Å². The van der Waals surface area contributed by atoms with Gasteiger partial charge in [-0.15, -0.1) is 0 Å². The average molecular weight is 428 g/mol. The van der Waals surface area contributed by atoms with Crippen molar-refractivity contribution in [2.75, 3.05) is 41.8 Å². The van der Waals surface area contributed by atoms with E-state index in [-0.39, 0.29) is 30.5 Å². The number of rotatable bonds is 5. The number of esters is 1. The Hall–Kier alpha value is -3.29. The van der Waals surface area contributed by atoms with E-state index in [1.165, 1.54) is 0 Å². The second-order valence-electron chi connectivity index (χ2n) is 7.77. The van der Waals surface area contributed by atoms with E-state index in [0.29, 0.717) is 47.5 Å². The third-order valence-corrected chi connectivity index (χ3v) is 6.37. The summed E-state index contributed by atoms with van der Waals surface area (Å²) in [6, 6.07) is 5.77. The Balaban J connectivity index is 1.78. The standard InChI is InChI=1S/C23H24O8/c1-25-14-7-12(8-16-20(14)31-10-30-16)17-18-11(5-13-9-29-23(24)19(13)17)6-15(26-2)21(27-3)22(18)28-4/h6-8,13,17,19H,5,9-10H2,1-4H3. The minimum Gasteiger partial charge on any atom is -0.493 e. The Morgan fingerprint density at radius 3 is 2.35 bits per heavy atom. The summed E-state index contributed by atoms with van der Waals surface area (Å²) in [6.45, 7) is 0.511. The molecule has 0 amide bonds.